The van der Waals surface area contributed by atoms with Gasteiger partial charge in [-0.2, -0.15) is 0 Å². The SMILES string of the molecule is O=C(Nc1cccc(CNCc2ccccc2)c1)c1cc(Cl)ccc1O. The average molecular weight is 367 g/mol. The molecule has 0 saturated heterocycles. The number of phenols is 1. The van der Waals surface area contributed by atoms with Crippen LogP contribution in [0.15, 0.2) is 72.8 Å². The Kier molecular flexibility index (Phi) is 5.89. The molecule has 3 aromatic rings. The van der Waals surface area contributed by atoms with E-state index in [-0.39, 0.29) is 11.3 Å². The Labute approximate surface area is 157 Å². The summed E-state index contributed by atoms with van der Waals surface area (Å²) in [6, 6.07) is 22.1. The van der Waals surface area contributed by atoms with Crippen LogP contribution in [-0.2, 0) is 13.1 Å². The molecule has 0 spiro atoms. The number of phenolic OH excluding ortho intramolecular Hbond substituents is 1. The van der Waals surface area contributed by atoms with Crippen LogP contribution < -0.4 is 10.6 Å². The van der Waals surface area contributed by atoms with Gasteiger partial charge in [-0.05, 0) is 41.5 Å². The largest absolute Gasteiger partial charge is 0.507 e. The molecule has 3 N–H and O–H groups in total. The highest BCUT2D eigenvalue weighted by molar-refractivity contribution is 6.31. The normalized spacial score (nSPS) is 10.5. The molecule has 0 aliphatic carbocycles. The summed E-state index contributed by atoms with van der Waals surface area (Å²) in [7, 11) is 0. The lowest BCUT2D eigenvalue weighted by molar-refractivity contribution is 0.102. The third-order valence-electron chi connectivity index (χ3n) is 3.89. The highest BCUT2D eigenvalue weighted by Gasteiger charge is 2.12. The van der Waals surface area contributed by atoms with Crippen LogP contribution in [-0.4, -0.2) is 11.0 Å². The van der Waals surface area contributed by atoms with Gasteiger partial charge < -0.3 is 15.7 Å². The molecule has 0 aliphatic rings. The van der Waals surface area contributed by atoms with Gasteiger partial charge in [-0.15, -0.1) is 0 Å². The molecule has 0 aromatic heterocycles. The summed E-state index contributed by atoms with van der Waals surface area (Å²) in [5.74, 6) is -0.507. The third-order valence-corrected chi connectivity index (χ3v) is 4.12. The molecule has 0 heterocycles. The molecular weight excluding hydrogens is 348 g/mol. The van der Waals surface area contributed by atoms with E-state index in [1.165, 1.54) is 23.8 Å². The Morgan fingerprint density at radius 2 is 1.62 bits per heavy atom. The molecule has 3 rings (SSSR count). The number of halogens is 1. The number of benzene rings is 3. The molecule has 0 bridgehead atoms. The first-order chi connectivity index (χ1) is 12.6. The number of anilines is 1. The van der Waals surface area contributed by atoms with Gasteiger partial charge in [0.15, 0.2) is 0 Å². The zero-order valence-electron chi connectivity index (χ0n) is 14.1. The Bertz CT molecular complexity index is 898. The summed E-state index contributed by atoms with van der Waals surface area (Å²) in [5.41, 5.74) is 3.07. The zero-order chi connectivity index (χ0) is 18.4. The lowest BCUT2D eigenvalue weighted by atomic mass is 10.1. The zero-order valence-corrected chi connectivity index (χ0v) is 14.8. The summed E-state index contributed by atoms with van der Waals surface area (Å²) in [4.78, 5) is 12.4. The van der Waals surface area contributed by atoms with Crippen molar-refractivity contribution in [2.75, 3.05) is 5.32 Å². The van der Waals surface area contributed by atoms with Crippen LogP contribution in [0, 0.1) is 0 Å². The number of carbonyl (C=O) groups excluding carboxylic acids is 1. The Morgan fingerprint density at radius 3 is 2.42 bits per heavy atom. The van der Waals surface area contributed by atoms with E-state index in [0.717, 1.165) is 12.1 Å². The molecule has 132 valence electrons. The number of rotatable bonds is 6. The minimum atomic E-state index is -0.403. The van der Waals surface area contributed by atoms with Crippen molar-refractivity contribution in [2.45, 2.75) is 13.1 Å². The second kappa shape index (κ2) is 8.52. The maximum atomic E-state index is 12.4. The molecule has 0 aliphatic heterocycles. The molecule has 5 heteroatoms. The van der Waals surface area contributed by atoms with Gasteiger partial charge in [0, 0.05) is 23.8 Å². The van der Waals surface area contributed by atoms with E-state index in [1.54, 1.807) is 6.07 Å². The molecule has 0 atom stereocenters. The molecule has 0 radical (unpaired) electrons. The number of amides is 1. The van der Waals surface area contributed by atoms with Crippen molar-refractivity contribution in [3.8, 4) is 5.75 Å². The predicted molar refractivity (Wildman–Crippen MR) is 104 cm³/mol. The van der Waals surface area contributed by atoms with Crippen LogP contribution in [0.25, 0.3) is 0 Å². The summed E-state index contributed by atoms with van der Waals surface area (Å²) in [6.07, 6.45) is 0. The minimum absolute atomic E-state index is 0.104. The van der Waals surface area contributed by atoms with Crippen LogP contribution in [0.2, 0.25) is 5.02 Å². The van der Waals surface area contributed by atoms with Crippen molar-refractivity contribution in [2.24, 2.45) is 0 Å². The summed E-state index contributed by atoms with van der Waals surface area (Å²) < 4.78 is 0. The maximum absolute atomic E-state index is 12.4. The van der Waals surface area contributed by atoms with E-state index in [1.807, 2.05) is 36.4 Å². The summed E-state index contributed by atoms with van der Waals surface area (Å²) in [6.45, 7) is 1.45. The van der Waals surface area contributed by atoms with Gasteiger partial charge in [0.2, 0.25) is 0 Å². The average Bonchev–Trinajstić information content (AvgIpc) is 2.65. The topological polar surface area (TPSA) is 61.4 Å². The number of aromatic hydroxyl groups is 1. The molecule has 0 saturated carbocycles. The van der Waals surface area contributed by atoms with Crippen molar-refractivity contribution in [3.05, 3.63) is 94.5 Å². The lowest BCUT2D eigenvalue weighted by Crippen LogP contribution is -2.14. The Hall–Kier alpha value is -2.82. The van der Waals surface area contributed by atoms with Crippen LogP contribution in [0.3, 0.4) is 0 Å². The van der Waals surface area contributed by atoms with Crippen LogP contribution in [0.1, 0.15) is 21.5 Å². The van der Waals surface area contributed by atoms with Crippen molar-refractivity contribution >= 4 is 23.2 Å². The quantitative estimate of drug-likeness (QED) is 0.598. The van der Waals surface area contributed by atoms with Crippen LogP contribution in [0.5, 0.6) is 5.75 Å². The van der Waals surface area contributed by atoms with E-state index < -0.39 is 5.91 Å². The van der Waals surface area contributed by atoms with Gasteiger partial charge in [0.05, 0.1) is 5.56 Å². The van der Waals surface area contributed by atoms with E-state index in [0.29, 0.717) is 17.3 Å². The smallest absolute Gasteiger partial charge is 0.259 e. The fraction of sp³-hybridized carbons (Fsp3) is 0.0952. The predicted octanol–water partition coefficient (Wildman–Crippen LogP) is 4.59. The molecule has 26 heavy (non-hydrogen) atoms. The second-order valence-corrected chi connectivity index (χ2v) is 6.34. The molecule has 3 aromatic carbocycles. The van der Waals surface area contributed by atoms with Gasteiger partial charge in [-0.25, -0.2) is 0 Å². The first kappa shape index (κ1) is 18.0. The van der Waals surface area contributed by atoms with Crippen molar-refractivity contribution in [1.82, 2.24) is 5.32 Å². The Morgan fingerprint density at radius 1 is 0.885 bits per heavy atom. The number of carbonyl (C=O) groups is 1. The number of nitrogens with one attached hydrogen (secondary N) is 2. The van der Waals surface area contributed by atoms with Gasteiger partial charge in [0.25, 0.3) is 5.91 Å². The van der Waals surface area contributed by atoms with Crippen molar-refractivity contribution in [1.29, 1.82) is 0 Å². The first-order valence-electron chi connectivity index (χ1n) is 8.25. The molecule has 0 fully saturated rings. The maximum Gasteiger partial charge on any atom is 0.259 e. The molecular formula is C21H19ClN2O2. The lowest BCUT2D eigenvalue weighted by Gasteiger charge is -2.10. The van der Waals surface area contributed by atoms with Gasteiger partial charge in [-0.1, -0.05) is 54.1 Å². The monoisotopic (exact) mass is 366 g/mol. The van der Waals surface area contributed by atoms with Gasteiger partial charge in [-0.3, -0.25) is 4.79 Å². The van der Waals surface area contributed by atoms with Gasteiger partial charge in [0.1, 0.15) is 5.75 Å². The van der Waals surface area contributed by atoms with E-state index >= 15 is 0 Å². The summed E-state index contributed by atoms with van der Waals surface area (Å²) in [5, 5.41) is 16.4. The summed E-state index contributed by atoms with van der Waals surface area (Å²) >= 11 is 5.90. The fourth-order valence-electron chi connectivity index (χ4n) is 2.59. The molecule has 1 amide bonds. The molecule has 4 nitrogen and oxygen atoms in total. The van der Waals surface area contributed by atoms with Crippen molar-refractivity contribution < 1.29 is 9.90 Å². The number of hydrogen-bond acceptors (Lipinski definition) is 3. The van der Waals surface area contributed by atoms with E-state index in [9.17, 15) is 9.90 Å². The third kappa shape index (κ3) is 4.85. The van der Waals surface area contributed by atoms with Crippen LogP contribution >= 0.6 is 11.6 Å². The standard InChI is InChI=1S/C21H19ClN2O2/c22-17-9-10-20(25)19(12-17)21(26)24-18-8-4-7-16(11-18)14-23-13-15-5-2-1-3-6-15/h1-12,23,25H,13-14H2,(H,24,26). The highest BCUT2D eigenvalue weighted by Crippen LogP contribution is 2.23. The number of hydrogen-bond donors (Lipinski definition) is 3. The van der Waals surface area contributed by atoms with E-state index in [2.05, 4.69) is 22.8 Å². The highest BCUT2D eigenvalue weighted by atomic mass is 35.5. The van der Waals surface area contributed by atoms with Crippen molar-refractivity contribution in [3.63, 3.8) is 0 Å². The van der Waals surface area contributed by atoms with Crippen LogP contribution in [0.4, 0.5) is 5.69 Å². The Balaban J connectivity index is 1.62. The minimum Gasteiger partial charge on any atom is -0.507 e. The molecule has 0 unspecified atom stereocenters. The second-order valence-electron chi connectivity index (χ2n) is 5.91. The van der Waals surface area contributed by atoms with E-state index in [4.69, 9.17) is 11.6 Å². The fourth-order valence-corrected chi connectivity index (χ4v) is 2.77. The van der Waals surface area contributed by atoms with Gasteiger partial charge >= 0.3 is 0 Å². The first-order valence-corrected chi connectivity index (χ1v) is 8.63.